The summed E-state index contributed by atoms with van der Waals surface area (Å²) in [6.45, 7) is 2.24. The van der Waals surface area contributed by atoms with Crippen molar-refractivity contribution < 1.29 is 18.6 Å². The van der Waals surface area contributed by atoms with Crippen molar-refractivity contribution in [1.82, 2.24) is 4.83 Å². The predicted molar refractivity (Wildman–Crippen MR) is 154 cm³/mol. The first-order chi connectivity index (χ1) is 18.4. The van der Waals surface area contributed by atoms with Crippen LogP contribution < -0.4 is 4.83 Å². The molecular formula is C31H40N2O4S. The molecule has 0 fully saturated rings. The third-order valence-corrected chi connectivity index (χ3v) is 7.84. The lowest BCUT2D eigenvalue weighted by Gasteiger charge is -2.11. The maximum atomic E-state index is 13.0. The molecule has 0 amide bonds. The van der Waals surface area contributed by atoms with Gasteiger partial charge in [0, 0.05) is 17.2 Å². The normalized spacial score (nSPS) is 12.0. The molecule has 0 saturated heterocycles. The first-order valence-corrected chi connectivity index (χ1v) is 15.1. The number of sulfonamides is 1. The summed E-state index contributed by atoms with van der Waals surface area (Å²) >= 11 is 0. The van der Waals surface area contributed by atoms with Crippen LogP contribution in [0.25, 0.3) is 0 Å². The molecule has 3 rings (SSSR count). The van der Waals surface area contributed by atoms with E-state index in [0.717, 1.165) is 18.4 Å². The van der Waals surface area contributed by atoms with E-state index in [1.807, 2.05) is 18.2 Å². The van der Waals surface area contributed by atoms with Crippen LogP contribution in [0.4, 0.5) is 0 Å². The second kappa shape index (κ2) is 15.2. The van der Waals surface area contributed by atoms with Gasteiger partial charge in [-0.25, -0.2) is 0 Å². The number of benzene rings is 3. The van der Waals surface area contributed by atoms with E-state index in [-0.39, 0.29) is 22.1 Å². The summed E-state index contributed by atoms with van der Waals surface area (Å²) in [6, 6.07) is 20.0. The fourth-order valence-electron chi connectivity index (χ4n) is 4.41. The molecular weight excluding hydrogens is 496 g/mol. The van der Waals surface area contributed by atoms with Gasteiger partial charge in [-0.05, 0) is 42.7 Å². The monoisotopic (exact) mass is 536 g/mol. The Morgan fingerprint density at radius 1 is 0.763 bits per heavy atom. The number of phenols is 2. The van der Waals surface area contributed by atoms with Crippen LogP contribution >= 0.6 is 0 Å². The zero-order valence-corrected chi connectivity index (χ0v) is 23.1. The van der Waals surface area contributed by atoms with Crippen molar-refractivity contribution in [2.75, 3.05) is 0 Å². The largest absolute Gasteiger partial charge is 0.508 e. The van der Waals surface area contributed by atoms with Gasteiger partial charge in [-0.1, -0.05) is 107 Å². The van der Waals surface area contributed by atoms with Gasteiger partial charge in [0.05, 0.1) is 4.90 Å². The summed E-state index contributed by atoms with van der Waals surface area (Å²) in [7, 11) is -3.92. The van der Waals surface area contributed by atoms with Crippen LogP contribution in [0.3, 0.4) is 0 Å². The maximum absolute atomic E-state index is 13.0. The molecule has 7 heteroatoms. The van der Waals surface area contributed by atoms with Gasteiger partial charge in [0.25, 0.3) is 10.0 Å². The lowest BCUT2D eigenvalue weighted by Crippen LogP contribution is -2.21. The Balaban J connectivity index is 1.57. The molecule has 0 aliphatic heterocycles. The summed E-state index contributed by atoms with van der Waals surface area (Å²) in [4.78, 5) is 2.43. The molecule has 3 aromatic carbocycles. The molecule has 0 bridgehead atoms. The smallest absolute Gasteiger partial charge is 0.276 e. The minimum Gasteiger partial charge on any atom is -0.508 e. The lowest BCUT2D eigenvalue weighted by atomic mass is 10.0. The lowest BCUT2D eigenvalue weighted by molar-refractivity contribution is 0.450. The highest BCUT2D eigenvalue weighted by molar-refractivity contribution is 7.89. The van der Waals surface area contributed by atoms with Crippen LogP contribution in [0, 0.1) is 0 Å². The van der Waals surface area contributed by atoms with Crippen LogP contribution in [-0.2, 0) is 16.4 Å². The summed E-state index contributed by atoms with van der Waals surface area (Å²) in [5.41, 5.74) is 2.27. The summed E-state index contributed by atoms with van der Waals surface area (Å²) in [5, 5.41) is 24.2. The highest BCUT2D eigenvalue weighted by Gasteiger charge is 2.17. The van der Waals surface area contributed by atoms with Gasteiger partial charge < -0.3 is 10.2 Å². The van der Waals surface area contributed by atoms with E-state index in [9.17, 15) is 18.6 Å². The Kier molecular flexibility index (Phi) is 11.7. The number of aryl methyl sites for hydroxylation is 1. The Labute approximate surface area is 227 Å². The summed E-state index contributed by atoms with van der Waals surface area (Å²) < 4.78 is 25.9. The topological polar surface area (TPSA) is 99.0 Å². The third-order valence-electron chi connectivity index (χ3n) is 6.61. The summed E-state index contributed by atoms with van der Waals surface area (Å²) in [5.74, 6) is -0.305. The maximum Gasteiger partial charge on any atom is 0.276 e. The van der Waals surface area contributed by atoms with E-state index in [1.54, 1.807) is 36.4 Å². The van der Waals surface area contributed by atoms with Gasteiger partial charge in [0.15, 0.2) is 0 Å². The third kappa shape index (κ3) is 9.21. The van der Waals surface area contributed by atoms with Gasteiger partial charge in [-0.3, -0.25) is 0 Å². The van der Waals surface area contributed by atoms with Gasteiger partial charge in [-0.2, -0.15) is 18.4 Å². The zero-order valence-electron chi connectivity index (χ0n) is 22.3. The first-order valence-electron chi connectivity index (χ1n) is 13.7. The van der Waals surface area contributed by atoms with Crippen molar-refractivity contribution in [3.63, 3.8) is 0 Å². The second-order valence-corrected chi connectivity index (χ2v) is 11.4. The molecule has 3 N–H and O–H groups in total. The number of hydrogen-bond acceptors (Lipinski definition) is 5. The Morgan fingerprint density at radius 2 is 1.37 bits per heavy atom. The predicted octanol–water partition coefficient (Wildman–Crippen LogP) is 7.29. The number of unbranched alkanes of at least 4 members (excludes halogenated alkanes) is 9. The van der Waals surface area contributed by atoms with E-state index in [4.69, 9.17) is 0 Å². The van der Waals surface area contributed by atoms with Crippen molar-refractivity contribution in [2.45, 2.75) is 82.4 Å². The molecule has 0 aromatic heterocycles. The van der Waals surface area contributed by atoms with Crippen LogP contribution in [0.5, 0.6) is 11.5 Å². The molecule has 0 unspecified atom stereocenters. The first kappa shape index (κ1) is 29.2. The van der Waals surface area contributed by atoms with Gasteiger partial charge in [0.2, 0.25) is 0 Å². The zero-order chi connectivity index (χ0) is 27.2. The SMILES string of the molecule is CCCCCCCCCCCCc1ccc(S(=O)(=O)NN=C(c2ccccc2)c2ccc(O)cc2O)cc1. The van der Waals surface area contributed by atoms with Gasteiger partial charge >= 0.3 is 0 Å². The second-order valence-electron chi connectivity index (χ2n) is 9.70. The number of nitrogens with zero attached hydrogens (tertiary/aromatic N) is 1. The molecule has 0 atom stereocenters. The Hall–Kier alpha value is -3.32. The molecule has 3 aromatic rings. The van der Waals surface area contributed by atoms with Crippen molar-refractivity contribution in [1.29, 1.82) is 0 Å². The molecule has 0 radical (unpaired) electrons. The van der Waals surface area contributed by atoms with Crippen LogP contribution in [0.2, 0.25) is 0 Å². The fraction of sp³-hybridized carbons (Fsp3) is 0.387. The van der Waals surface area contributed by atoms with Gasteiger partial charge in [0.1, 0.15) is 17.2 Å². The van der Waals surface area contributed by atoms with Crippen molar-refractivity contribution in [3.05, 3.63) is 89.5 Å². The molecule has 0 aliphatic carbocycles. The van der Waals surface area contributed by atoms with E-state index < -0.39 is 10.0 Å². The Morgan fingerprint density at radius 3 is 1.97 bits per heavy atom. The van der Waals surface area contributed by atoms with Crippen LogP contribution in [0.1, 0.15) is 87.8 Å². The number of aromatic hydroxyl groups is 2. The van der Waals surface area contributed by atoms with E-state index in [0.29, 0.717) is 11.1 Å². The van der Waals surface area contributed by atoms with E-state index >= 15 is 0 Å². The average molecular weight is 537 g/mol. The molecule has 0 heterocycles. The number of hydrazone groups is 1. The minimum atomic E-state index is -3.92. The number of phenolic OH excluding ortho intramolecular Hbond substituents is 2. The van der Waals surface area contributed by atoms with Crippen LogP contribution in [0.15, 0.2) is 82.8 Å². The highest BCUT2D eigenvalue weighted by Crippen LogP contribution is 2.26. The highest BCUT2D eigenvalue weighted by atomic mass is 32.2. The number of hydrogen-bond donors (Lipinski definition) is 3. The van der Waals surface area contributed by atoms with Crippen molar-refractivity contribution >= 4 is 15.7 Å². The molecule has 204 valence electrons. The van der Waals surface area contributed by atoms with Gasteiger partial charge in [-0.15, -0.1) is 0 Å². The minimum absolute atomic E-state index is 0.0999. The molecule has 6 nitrogen and oxygen atoms in total. The van der Waals surface area contributed by atoms with Crippen molar-refractivity contribution in [3.8, 4) is 11.5 Å². The Bertz CT molecular complexity index is 1260. The average Bonchev–Trinajstić information content (AvgIpc) is 2.92. The van der Waals surface area contributed by atoms with Crippen LogP contribution in [-0.4, -0.2) is 24.3 Å². The van der Waals surface area contributed by atoms with E-state index in [1.165, 1.54) is 76.0 Å². The standard InChI is InChI=1S/C31H40N2O4S/c1-2-3-4-5-6-7-8-9-10-12-15-25-18-21-28(22-19-25)38(36,37)33-32-31(26-16-13-11-14-17-26)29-23-20-27(34)24-30(29)35/h11,13-14,16-24,33-35H,2-10,12,15H2,1H3. The van der Waals surface area contributed by atoms with E-state index in [2.05, 4.69) is 16.9 Å². The molecule has 38 heavy (non-hydrogen) atoms. The van der Waals surface area contributed by atoms with Crippen molar-refractivity contribution in [2.24, 2.45) is 5.10 Å². The number of nitrogens with one attached hydrogen (secondary N) is 1. The quantitative estimate of drug-likeness (QED) is 0.102. The molecule has 0 saturated carbocycles. The number of rotatable bonds is 16. The summed E-state index contributed by atoms with van der Waals surface area (Å²) in [6.07, 6.45) is 13.8. The fourth-order valence-corrected chi connectivity index (χ4v) is 5.22. The molecule has 0 aliphatic rings. The molecule has 0 spiro atoms.